The van der Waals surface area contributed by atoms with Gasteiger partial charge in [-0.15, -0.1) is 0 Å². The molecule has 0 radical (unpaired) electrons. The molecule has 0 bridgehead atoms. The highest BCUT2D eigenvalue weighted by Crippen LogP contribution is 2.33. The second-order valence-corrected chi connectivity index (χ2v) is 6.27. The van der Waals surface area contributed by atoms with Gasteiger partial charge in [-0.3, -0.25) is 14.0 Å². The van der Waals surface area contributed by atoms with Crippen LogP contribution in [0.3, 0.4) is 0 Å². The number of aromatic nitrogens is 3. The van der Waals surface area contributed by atoms with Gasteiger partial charge in [0.1, 0.15) is 5.82 Å². The van der Waals surface area contributed by atoms with Crippen molar-refractivity contribution in [2.24, 2.45) is 7.05 Å². The van der Waals surface area contributed by atoms with Crippen LogP contribution in [0.5, 0.6) is 5.75 Å². The van der Waals surface area contributed by atoms with E-state index in [1.807, 2.05) is 55.2 Å². The molecule has 3 N–H and O–H groups in total. The molecule has 0 aliphatic rings. The van der Waals surface area contributed by atoms with Crippen LogP contribution >= 0.6 is 0 Å². The van der Waals surface area contributed by atoms with Gasteiger partial charge in [-0.05, 0) is 35.7 Å². The third-order valence-electron chi connectivity index (χ3n) is 4.71. The number of aromatic hydroxyl groups is 1. The number of pyridine rings is 1. The third kappa shape index (κ3) is 2.35. The number of benzene rings is 2. The zero-order chi connectivity index (χ0) is 18.4. The molecule has 0 spiro atoms. The number of nitrogens with two attached hydrogens (primary N) is 1. The first-order valence-corrected chi connectivity index (χ1v) is 8.19. The molecule has 2 aromatic carbocycles. The van der Waals surface area contributed by atoms with Crippen LogP contribution in [0, 0.1) is 6.92 Å². The SMILES string of the molecule is Cc1c(-c2cccc3c2cnn3C)cccc1-n1cc(O)c(=O)cc1N. The van der Waals surface area contributed by atoms with Crippen molar-refractivity contribution in [3.05, 3.63) is 70.6 Å². The Morgan fingerprint density at radius 3 is 2.65 bits per heavy atom. The Labute approximate surface area is 149 Å². The van der Waals surface area contributed by atoms with Gasteiger partial charge in [-0.2, -0.15) is 5.10 Å². The summed E-state index contributed by atoms with van der Waals surface area (Å²) in [5.41, 5.74) is 10.5. The molecule has 2 aromatic heterocycles. The van der Waals surface area contributed by atoms with Crippen LogP contribution in [0.4, 0.5) is 5.82 Å². The Morgan fingerprint density at radius 1 is 1.12 bits per heavy atom. The van der Waals surface area contributed by atoms with Crippen LogP contribution in [-0.2, 0) is 7.05 Å². The lowest BCUT2D eigenvalue weighted by molar-refractivity contribution is 0.466. The second kappa shape index (κ2) is 5.77. The van der Waals surface area contributed by atoms with Crippen molar-refractivity contribution in [1.82, 2.24) is 14.3 Å². The number of aryl methyl sites for hydroxylation is 1. The van der Waals surface area contributed by atoms with E-state index in [1.165, 1.54) is 12.3 Å². The van der Waals surface area contributed by atoms with E-state index in [4.69, 9.17) is 5.73 Å². The highest BCUT2D eigenvalue weighted by molar-refractivity contribution is 5.95. The molecule has 0 atom stereocenters. The normalized spacial score (nSPS) is 11.2. The molecule has 2 heterocycles. The summed E-state index contributed by atoms with van der Waals surface area (Å²) in [5.74, 6) is -0.0639. The van der Waals surface area contributed by atoms with E-state index in [-0.39, 0.29) is 11.6 Å². The Morgan fingerprint density at radius 2 is 1.85 bits per heavy atom. The molecule has 0 fully saturated rings. The van der Waals surface area contributed by atoms with Crippen LogP contribution in [0.25, 0.3) is 27.7 Å². The van der Waals surface area contributed by atoms with Crippen molar-refractivity contribution >= 4 is 16.7 Å². The Balaban J connectivity index is 1.98. The molecule has 0 saturated heterocycles. The first-order valence-electron chi connectivity index (χ1n) is 8.19. The second-order valence-electron chi connectivity index (χ2n) is 6.27. The summed E-state index contributed by atoms with van der Waals surface area (Å²) in [5, 5.41) is 15.2. The summed E-state index contributed by atoms with van der Waals surface area (Å²) in [6, 6.07) is 13.2. The summed E-state index contributed by atoms with van der Waals surface area (Å²) in [7, 11) is 1.92. The van der Waals surface area contributed by atoms with Crippen molar-refractivity contribution in [1.29, 1.82) is 0 Å². The molecule has 4 aromatic rings. The van der Waals surface area contributed by atoms with E-state index >= 15 is 0 Å². The molecule has 0 unspecified atom stereocenters. The van der Waals surface area contributed by atoms with E-state index < -0.39 is 5.43 Å². The van der Waals surface area contributed by atoms with Gasteiger partial charge in [0.2, 0.25) is 5.43 Å². The van der Waals surface area contributed by atoms with E-state index in [9.17, 15) is 9.90 Å². The van der Waals surface area contributed by atoms with Crippen molar-refractivity contribution in [2.45, 2.75) is 6.92 Å². The molecule has 0 saturated carbocycles. The van der Waals surface area contributed by atoms with E-state index in [0.717, 1.165) is 33.3 Å². The lowest BCUT2D eigenvalue weighted by Crippen LogP contribution is -2.11. The van der Waals surface area contributed by atoms with Crippen molar-refractivity contribution in [2.75, 3.05) is 5.73 Å². The largest absolute Gasteiger partial charge is 0.503 e. The number of nitrogen functional groups attached to an aromatic ring is 1. The maximum absolute atomic E-state index is 11.6. The molecule has 6 heteroatoms. The van der Waals surface area contributed by atoms with Crippen LogP contribution in [-0.4, -0.2) is 19.5 Å². The van der Waals surface area contributed by atoms with Crippen molar-refractivity contribution in [3.8, 4) is 22.6 Å². The highest BCUT2D eigenvalue weighted by atomic mass is 16.3. The molecular weight excluding hydrogens is 328 g/mol. The standard InChI is InChI=1S/C20H18N4O2/c1-12-13(14-6-4-8-17-15(14)10-22-23(17)2)5-3-7-16(12)24-11-19(26)18(25)9-20(24)21/h3-11,26H,21H2,1-2H3. The molecule has 6 nitrogen and oxygen atoms in total. The van der Waals surface area contributed by atoms with Crippen LogP contribution in [0.1, 0.15) is 5.56 Å². The minimum atomic E-state index is -0.493. The first-order chi connectivity index (χ1) is 12.5. The summed E-state index contributed by atoms with van der Waals surface area (Å²) in [6.07, 6.45) is 3.21. The fraction of sp³-hybridized carbons (Fsp3) is 0.100. The van der Waals surface area contributed by atoms with Gasteiger partial charge in [0, 0.05) is 18.5 Å². The van der Waals surface area contributed by atoms with Crippen LogP contribution in [0.2, 0.25) is 0 Å². The smallest absolute Gasteiger partial charge is 0.225 e. The molecule has 0 amide bonds. The average Bonchev–Trinajstić information content (AvgIpc) is 3.00. The van der Waals surface area contributed by atoms with Gasteiger partial charge in [0.05, 0.1) is 23.6 Å². The van der Waals surface area contributed by atoms with Gasteiger partial charge in [0.15, 0.2) is 5.75 Å². The van der Waals surface area contributed by atoms with Gasteiger partial charge in [-0.25, -0.2) is 0 Å². The summed E-state index contributed by atoms with van der Waals surface area (Å²) >= 11 is 0. The predicted octanol–water partition coefficient (Wildman–Crippen LogP) is 2.99. The van der Waals surface area contributed by atoms with Gasteiger partial charge in [0.25, 0.3) is 0 Å². The predicted molar refractivity (Wildman–Crippen MR) is 103 cm³/mol. The molecule has 0 aliphatic carbocycles. The topological polar surface area (TPSA) is 86.1 Å². The molecule has 130 valence electrons. The lowest BCUT2D eigenvalue weighted by Gasteiger charge is -2.16. The lowest BCUT2D eigenvalue weighted by atomic mass is 9.96. The zero-order valence-electron chi connectivity index (χ0n) is 14.5. The number of rotatable bonds is 2. The summed E-state index contributed by atoms with van der Waals surface area (Å²) in [4.78, 5) is 11.6. The molecule has 0 aliphatic heterocycles. The fourth-order valence-electron chi connectivity index (χ4n) is 3.34. The molecule has 26 heavy (non-hydrogen) atoms. The van der Waals surface area contributed by atoms with E-state index in [2.05, 4.69) is 11.2 Å². The maximum Gasteiger partial charge on any atom is 0.225 e. The Hall–Kier alpha value is -3.54. The molecule has 4 rings (SSSR count). The van der Waals surface area contributed by atoms with Crippen LogP contribution in [0.15, 0.2) is 59.7 Å². The minimum absolute atomic E-state index is 0.271. The molecular formula is C20H18N4O2. The summed E-state index contributed by atoms with van der Waals surface area (Å²) in [6.45, 7) is 1.99. The Bertz CT molecular complexity index is 1200. The third-order valence-corrected chi connectivity index (χ3v) is 4.71. The number of fused-ring (bicyclic) bond motifs is 1. The highest BCUT2D eigenvalue weighted by Gasteiger charge is 2.13. The van der Waals surface area contributed by atoms with Gasteiger partial charge < -0.3 is 10.8 Å². The Kier molecular flexibility index (Phi) is 3.54. The van der Waals surface area contributed by atoms with Crippen molar-refractivity contribution in [3.63, 3.8) is 0 Å². The average molecular weight is 346 g/mol. The zero-order valence-corrected chi connectivity index (χ0v) is 14.5. The fourth-order valence-corrected chi connectivity index (χ4v) is 3.34. The number of anilines is 1. The number of nitrogens with zero attached hydrogens (tertiary/aromatic N) is 3. The number of hydrogen-bond donors (Lipinski definition) is 2. The van der Waals surface area contributed by atoms with Gasteiger partial charge in [-0.1, -0.05) is 24.3 Å². The maximum atomic E-state index is 11.6. The first kappa shape index (κ1) is 16.0. The summed E-state index contributed by atoms with van der Waals surface area (Å²) < 4.78 is 3.47. The van der Waals surface area contributed by atoms with E-state index in [1.54, 1.807) is 4.57 Å². The van der Waals surface area contributed by atoms with Gasteiger partial charge >= 0.3 is 0 Å². The number of hydrogen-bond acceptors (Lipinski definition) is 4. The van der Waals surface area contributed by atoms with Crippen LogP contribution < -0.4 is 11.2 Å². The van der Waals surface area contributed by atoms with E-state index in [0.29, 0.717) is 0 Å². The quantitative estimate of drug-likeness (QED) is 0.584. The minimum Gasteiger partial charge on any atom is -0.503 e. The van der Waals surface area contributed by atoms with Crippen molar-refractivity contribution < 1.29 is 5.11 Å². The monoisotopic (exact) mass is 346 g/mol.